The topological polar surface area (TPSA) is 77.2 Å². The van der Waals surface area contributed by atoms with Gasteiger partial charge in [0.05, 0.1) is 10.7 Å². The molecule has 1 aromatic heterocycles. The van der Waals surface area contributed by atoms with E-state index in [1.165, 1.54) is 0 Å². The van der Waals surface area contributed by atoms with E-state index >= 15 is 0 Å². The molecule has 21 heavy (non-hydrogen) atoms. The SMILES string of the molecule is Cc1nc(COc2cccc(C(=O)N[C@@H](C)CN)c2)cs1. The largest absolute Gasteiger partial charge is 0.487 e. The van der Waals surface area contributed by atoms with Gasteiger partial charge < -0.3 is 15.8 Å². The van der Waals surface area contributed by atoms with Crippen molar-refractivity contribution in [1.29, 1.82) is 0 Å². The summed E-state index contributed by atoms with van der Waals surface area (Å²) in [6.45, 7) is 4.63. The number of aromatic nitrogens is 1. The monoisotopic (exact) mass is 305 g/mol. The first-order valence-corrected chi connectivity index (χ1v) is 7.61. The number of benzene rings is 1. The predicted molar refractivity (Wildman–Crippen MR) is 83.6 cm³/mol. The lowest BCUT2D eigenvalue weighted by atomic mass is 10.2. The molecule has 1 heterocycles. The molecule has 3 N–H and O–H groups in total. The van der Waals surface area contributed by atoms with E-state index in [1.807, 2.05) is 25.3 Å². The molecular formula is C15H19N3O2S. The van der Waals surface area contributed by atoms with Crippen molar-refractivity contribution < 1.29 is 9.53 Å². The molecule has 1 aromatic carbocycles. The van der Waals surface area contributed by atoms with E-state index in [2.05, 4.69) is 10.3 Å². The van der Waals surface area contributed by atoms with Gasteiger partial charge in [0.15, 0.2) is 0 Å². The maximum absolute atomic E-state index is 12.0. The number of rotatable bonds is 6. The zero-order chi connectivity index (χ0) is 15.2. The standard InChI is InChI=1S/C15H19N3O2S/c1-10(7-16)17-15(19)12-4-3-5-14(6-12)20-8-13-9-21-11(2)18-13/h3-6,9-10H,7-8,16H2,1-2H3,(H,17,19)/t10-/m0/s1. The van der Waals surface area contributed by atoms with Crippen LogP contribution in [0.3, 0.4) is 0 Å². The Morgan fingerprint density at radius 3 is 3.00 bits per heavy atom. The lowest BCUT2D eigenvalue weighted by Gasteiger charge is -2.12. The number of hydrogen-bond donors (Lipinski definition) is 2. The molecule has 0 saturated heterocycles. The van der Waals surface area contributed by atoms with Crippen molar-refractivity contribution in [3.05, 3.63) is 45.9 Å². The second-order valence-corrected chi connectivity index (χ2v) is 5.85. The molecule has 0 saturated carbocycles. The van der Waals surface area contributed by atoms with Gasteiger partial charge in [0.2, 0.25) is 0 Å². The van der Waals surface area contributed by atoms with Gasteiger partial charge in [0.25, 0.3) is 5.91 Å². The molecule has 6 heteroatoms. The van der Waals surface area contributed by atoms with Crippen molar-refractivity contribution >= 4 is 17.2 Å². The normalized spacial score (nSPS) is 12.0. The van der Waals surface area contributed by atoms with Crippen LogP contribution in [0.1, 0.15) is 28.0 Å². The molecule has 1 amide bonds. The number of hydrogen-bond acceptors (Lipinski definition) is 5. The number of carbonyl (C=O) groups excluding carboxylic acids is 1. The first-order chi connectivity index (χ1) is 10.1. The maximum Gasteiger partial charge on any atom is 0.251 e. The third-order valence-corrected chi connectivity index (χ3v) is 3.70. The summed E-state index contributed by atoms with van der Waals surface area (Å²) in [5, 5.41) is 5.80. The van der Waals surface area contributed by atoms with Gasteiger partial charge in [0, 0.05) is 23.5 Å². The van der Waals surface area contributed by atoms with E-state index in [4.69, 9.17) is 10.5 Å². The average molecular weight is 305 g/mol. The fourth-order valence-corrected chi connectivity index (χ4v) is 2.32. The summed E-state index contributed by atoms with van der Waals surface area (Å²) in [6.07, 6.45) is 0. The Balaban J connectivity index is 1.98. The Kier molecular flexibility index (Phi) is 5.30. The van der Waals surface area contributed by atoms with Crippen molar-refractivity contribution in [2.24, 2.45) is 5.73 Å². The number of aryl methyl sites for hydroxylation is 1. The van der Waals surface area contributed by atoms with Crippen LogP contribution in [0.15, 0.2) is 29.6 Å². The molecule has 0 aliphatic rings. The van der Waals surface area contributed by atoms with Crippen molar-refractivity contribution in [2.45, 2.75) is 26.5 Å². The Morgan fingerprint density at radius 2 is 2.33 bits per heavy atom. The Labute approximate surface area is 128 Å². The second kappa shape index (κ2) is 7.19. The highest BCUT2D eigenvalue weighted by molar-refractivity contribution is 7.09. The van der Waals surface area contributed by atoms with Crippen LogP contribution >= 0.6 is 11.3 Å². The fraction of sp³-hybridized carbons (Fsp3) is 0.333. The predicted octanol–water partition coefficient (Wildman–Crippen LogP) is 2.11. The van der Waals surface area contributed by atoms with E-state index in [9.17, 15) is 4.79 Å². The van der Waals surface area contributed by atoms with Gasteiger partial charge in [-0.2, -0.15) is 0 Å². The van der Waals surface area contributed by atoms with E-state index < -0.39 is 0 Å². The molecule has 0 bridgehead atoms. The minimum Gasteiger partial charge on any atom is -0.487 e. The van der Waals surface area contributed by atoms with E-state index in [1.54, 1.807) is 29.5 Å². The summed E-state index contributed by atoms with van der Waals surface area (Å²) < 4.78 is 5.67. The summed E-state index contributed by atoms with van der Waals surface area (Å²) in [5.41, 5.74) is 6.95. The summed E-state index contributed by atoms with van der Waals surface area (Å²) in [6, 6.07) is 7.03. The van der Waals surface area contributed by atoms with Crippen molar-refractivity contribution in [1.82, 2.24) is 10.3 Å². The Hall–Kier alpha value is -1.92. The molecule has 5 nitrogen and oxygen atoms in total. The number of nitrogens with two attached hydrogens (primary N) is 1. The summed E-state index contributed by atoms with van der Waals surface area (Å²) in [4.78, 5) is 16.3. The van der Waals surface area contributed by atoms with Crippen LogP contribution in [-0.2, 0) is 6.61 Å². The Morgan fingerprint density at radius 1 is 1.52 bits per heavy atom. The fourth-order valence-electron chi connectivity index (χ4n) is 1.72. The lowest BCUT2D eigenvalue weighted by molar-refractivity contribution is 0.0941. The van der Waals surface area contributed by atoms with Crippen LogP contribution in [0, 0.1) is 6.92 Å². The van der Waals surface area contributed by atoms with Crippen LogP contribution in [0.2, 0.25) is 0 Å². The third-order valence-electron chi connectivity index (χ3n) is 2.88. The number of ether oxygens (including phenoxy) is 1. The summed E-state index contributed by atoms with van der Waals surface area (Å²) >= 11 is 1.59. The van der Waals surface area contributed by atoms with Gasteiger partial charge in [0.1, 0.15) is 12.4 Å². The van der Waals surface area contributed by atoms with Gasteiger partial charge in [-0.05, 0) is 32.0 Å². The summed E-state index contributed by atoms with van der Waals surface area (Å²) in [7, 11) is 0. The van der Waals surface area contributed by atoms with Crippen molar-refractivity contribution in [2.75, 3.05) is 6.54 Å². The zero-order valence-electron chi connectivity index (χ0n) is 12.1. The Bertz CT molecular complexity index is 612. The van der Waals surface area contributed by atoms with E-state index in [0.717, 1.165) is 10.7 Å². The maximum atomic E-state index is 12.0. The number of nitrogens with zero attached hydrogens (tertiary/aromatic N) is 1. The van der Waals surface area contributed by atoms with Crippen LogP contribution in [0.5, 0.6) is 5.75 Å². The molecule has 0 aliphatic heterocycles. The van der Waals surface area contributed by atoms with Gasteiger partial charge in [-0.15, -0.1) is 11.3 Å². The van der Waals surface area contributed by atoms with Gasteiger partial charge in [-0.3, -0.25) is 4.79 Å². The zero-order valence-corrected chi connectivity index (χ0v) is 12.9. The van der Waals surface area contributed by atoms with Gasteiger partial charge in [-0.25, -0.2) is 4.98 Å². The minimum atomic E-state index is -0.150. The molecule has 0 unspecified atom stereocenters. The molecule has 112 valence electrons. The first-order valence-electron chi connectivity index (χ1n) is 6.73. The number of amides is 1. The van der Waals surface area contributed by atoms with Crippen LogP contribution in [-0.4, -0.2) is 23.5 Å². The van der Waals surface area contributed by atoms with Crippen molar-refractivity contribution in [3.63, 3.8) is 0 Å². The van der Waals surface area contributed by atoms with Crippen LogP contribution < -0.4 is 15.8 Å². The average Bonchev–Trinajstić information content (AvgIpc) is 2.91. The van der Waals surface area contributed by atoms with E-state index in [-0.39, 0.29) is 11.9 Å². The molecule has 1 atom stereocenters. The number of nitrogens with one attached hydrogen (secondary N) is 1. The lowest BCUT2D eigenvalue weighted by Crippen LogP contribution is -2.37. The van der Waals surface area contributed by atoms with E-state index in [0.29, 0.717) is 24.5 Å². The minimum absolute atomic E-state index is 0.0555. The van der Waals surface area contributed by atoms with Crippen LogP contribution in [0.25, 0.3) is 0 Å². The van der Waals surface area contributed by atoms with Gasteiger partial charge >= 0.3 is 0 Å². The molecule has 0 spiro atoms. The molecule has 0 fully saturated rings. The smallest absolute Gasteiger partial charge is 0.251 e. The highest BCUT2D eigenvalue weighted by Gasteiger charge is 2.09. The molecule has 2 rings (SSSR count). The molecule has 0 radical (unpaired) electrons. The van der Waals surface area contributed by atoms with Crippen LogP contribution in [0.4, 0.5) is 0 Å². The van der Waals surface area contributed by atoms with Crippen molar-refractivity contribution in [3.8, 4) is 5.75 Å². The quantitative estimate of drug-likeness (QED) is 0.857. The summed E-state index contributed by atoms with van der Waals surface area (Å²) in [5.74, 6) is 0.497. The third kappa shape index (κ3) is 4.54. The molecular weight excluding hydrogens is 286 g/mol. The number of thiazole rings is 1. The highest BCUT2D eigenvalue weighted by Crippen LogP contribution is 2.16. The number of carbonyl (C=O) groups is 1. The van der Waals surface area contributed by atoms with Gasteiger partial charge in [-0.1, -0.05) is 6.07 Å². The molecule has 0 aliphatic carbocycles. The first kappa shape index (κ1) is 15.5. The second-order valence-electron chi connectivity index (χ2n) is 4.78. The molecule has 2 aromatic rings. The highest BCUT2D eigenvalue weighted by atomic mass is 32.1.